The molecule has 0 unspecified atom stereocenters. The number of hydrogen-bond acceptors (Lipinski definition) is 2. The molecule has 3 nitrogen and oxygen atoms in total. The molecule has 0 saturated heterocycles. The zero-order chi connectivity index (χ0) is 13.6. The van der Waals surface area contributed by atoms with Crippen molar-refractivity contribution >= 4 is 5.91 Å². The summed E-state index contributed by atoms with van der Waals surface area (Å²) in [6.45, 7) is 1.53. The first-order chi connectivity index (χ1) is 9.24. The fourth-order valence-electron chi connectivity index (χ4n) is 3.87. The van der Waals surface area contributed by atoms with Crippen molar-refractivity contribution in [3.63, 3.8) is 0 Å². The van der Waals surface area contributed by atoms with Gasteiger partial charge in [0.25, 0.3) is 0 Å². The van der Waals surface area contributed by atoms with E-state index >= 15 is 0 Å². The van der Waals surface area contributed by atoms with E-state index in [9.17, 15) is 4.79 Å². The first kappa shape index (κ1) is 14.8. The Kier molecular flexibility index (Phi) is 5.68. The molecule has 0 aromatic rings. The van der Waals surface area contributed by atoms with Gasteiger partial charge in [0.1, 0.15) is 0 Å². The van der Waals surface area contributed by atoms with Gasteiger partial charge in [0.05, 0.1) is 0 Å². The van der Waals surface area contributed by atoms with Crippen LogP contribution in [0, 0.1) is 11.3 Å². The molecular weight excluding hydrogens is 236 g/mol. The van der Waals surface area contributed by atoms with Crippen molar-refractivity contribution in [3.05, 3.63) is 0 Å². The van der Waals surface area contributed by atoms with Crippen LogP contribution >= 0.6 is 0 Å². The van der Waals surface area contributed by atoms with E-state index in [1.807, 2.05) is 0 Å². The molecule has 2 saturated carbocycles. The predicted molar refractivity (Wildman–Crippen MR) is 78.8 cm³/mol. The first-order valence-corrected chi connectivity index (χ1v) is 8.21. The van der Waals surface area contributed by atoms with Crippen LogP contribution in [0.4, 0.5) is 0 Å². The van der Waals surface area contributed by atoms with Crippen LogP contribution in [0.2, 0.25) is 0 Å². The van der Waals surface area contributed by atoms with Gasteiger partial charge in [-0.25, -0.2) is 0 Å². The lowest BCUT2D eigenvalue weighted by Gasteiger charge is -2.35. The normalized spacial score (nSPS) is 23.4. The zero-order valence-corrected chi connectivity index (χ0v) is 12.3. The topological polar surface area (TPSA) is 55.1 Å². The molecule has 1 amide bonds. The number of amides is 1. The molecule has 0 aromatic heterocycles. The van der Waals surface area contributed by atoms with E-state index in [1.165, 1.54) is 51.4 Å². The molecule has 3 heteroatoms. The molecular formula is C16H30N2O. The molecule has 3 N–H and O–H groups in total. The summed E-state index contributed by atoms with van der Waals surface area (Å²) >= 11 is 0. The SMILES string of the molecule is NCC1(CC(=O)NCCC2CCCC2)CCCCC1. The monoisotopic (exact) mass is 266 g/mol. The summed E-state index contributed by atoms with van der Waals surface area (Å²) in [5, 5.41) is 3.12. The highest BCUT2D eigenvalue weighted by Crippen LogP contribution is 2.38. The van der Waals surface area contributed by atoms with Crippen LogP contribution in [-0.4, -0.2) is 19.0 Å². The Bertz CT molecular complexity index is 278. The summed E-state index contributed by atoms with van der Waals surface area (Å²) in [7, 11) is 0. The molecule has 0 aromatic carbocycles. The van der Waals surface area contributed by atoms with Gasteiger partial charge in [-0.15, -0.1) is 0 Å². The number of carbonyl (C=O) groups excluding carboxylic acids is 1. The lowest BCUT2D eigenvalue weighted by atomic mass is 9.71. The molecule has 0 aliphatic heterocycles. The number of hydrogen-bond donors (Lipinski definition) is 2. The van der Waals surface area contributed by atoms with E-state index in [-0.39, 0.29) is 11.3 Å². The largest absolute Gasteiger partial charge is 0.356 e. The van der Waals surface area contributed by atoms with Crippen LogP contribution in [0.5, 0.6) is 0 Å². The van der Waals surface area contributed by atoms with Crippen molar-refractivity contribution in [1.82, 2.24) is 5.32 Å². The molecule has 0 bridgehead atoms. The van der Waals surface area contributed by atoms with Crippen molar-refractivity contribution in [2.24, 2.45) is 17.1 Å². The highest BCUT2D eigenvalue weighted by atomic mass is 16.1. The standard InChI is InChI=1S/C16H30N2O/c17-13-16(9-4-1-5-10-16)12-15(19)18-11-8-14-6-2-3-7-14/h14H,1-13,17H2,(H,18,19). The summed E-state index contributed by atoms with van der Waals surface area (Å²) in [5.41, 5.74) is 6.04. The minimum Gasteiger partial charge on any atom is -0.356 e. The smallest absolute Gasteiger partial charge is 0.220 e. The van der Waals surface area contributed by atoms with Gasteiger partial charge in [-0.1, -0.05) is 44.9 Å². The summed E-state index contributed by atoms with van der Waals surface area (Å²) in [5.74, 6) is 1.09. The Labute approximate surface area is 117 Å². The predicted octanol–water partition coefficient (Wildman–Crippen LogP) is 2.98. The maximum Gasteiger partial charge on any atom is 0.220 e. The Morgan fingerprint density at radius 1 is 1.11 bits per heavy atom. The third-order valence-corrected chi connectivity index (χ3v) is 5.23. The molecule has 2 fully saturated rings. The average Bonchev–Trinajstić information content (AvgIpc) is 2.93. The Hall–Kier alpha value is -0.570. The molecule has 19 heavy (non-hydrogen) atoms. The van der Waals surface area contributed by atoms with Gasteiger partial charge in [-0.05, 0) is 37.1 Å². The Morgan fingerprint density at radius 3 is 2.42 bits per heavy atom. The molecule has 110 valence electrons. The van der Waals surface area contributed by atoms with Crippen molar-refractivity contribution in [2.75, 3.05) is 13.1 Å². The zero-order valence-electron chi connectivity index (χ0n) is 12.3. The van der Waals surface area contributed by atoms with E-state index in [0.717, 1.165) is 25.3 Å². The highest BCUT2D eigenvalue weighted by molar-refractivity contribution is 5.76. The van der Waals surface area contributed by atoms with Crippen molar-refractivity contribution in [2.45, 2.75) is 70.6 Å². The van der Waals surface area contributed by atoms with E-state index in [4.69, 9.17) is 5.73 Å². The van der Waals surface area contributed by atoms with Gasteiger partial charge in [0.2, 0.25) is 5.91 Å². The quantitative estimate of drug-likeness (QED) is 0.776. The lowest BCUT2D eigenvalue weighted by Crippen LogP contribution is -2.39. The number of nitrogens with one attached hydrogen (secondary N) is 1. The summed E-state index contributed by atoms with van der Waals surface area (Å²) < 4.78 is 0. The Balaban J connectivity index is 1.67. The minimum atomic E-state index is 0.107. The lowest BCUT2D eigenvalue weighted by molar-refractivity contribution is -0.123. The molecule has 2 aliphatic rings. The molecule has 0 radical (unpaired) electrons. The number of rotatable bonds is 6. The Morgan fingerprint density at radius 2 is 1.79 bits per heavy atom. The summed E-state index contributed by atoms with van der Waals surface area (Å²) in [6, 6.07) is 0. The van der Waals surface area contributed by atoms with Gasteiger partial charge < -0.3 is 11.1 Å². The number of carbonyl (C=O) groups is 1. The van der Waals surface area contributed by atoms with Crippen LogP contribution in [0.15, 0.2) is 0 Å². The molecule has 0 spiro atoms. The molecule has 0 atom stereocenters. The van der Waals surface area contributed by atoms with Gasteiger partial charge in [0.15, 0.2) is 0 Å². The maximum absolute atomic E-state index is 12.1. The van der Waals surface area contributed by atoms with Crippen LogP contribution in [0.25, 0.3) is 0 Å². The first-order valence-electron chi connectivity index (χ1n) is 8.21. The van der Waals surface area contributed by atoms with Gasteiger partial charge in [0, 0.05) is 13.0 Å². The van der Waals surface area contributed by atoms with E-state index in [0.29, 0.717) is 13.0 Å². The summed E-state index contributed by atoms with van der Waals surface area (Å²) in [4.78, 5) is 12.1. The average molecular weight is 266 g/mol. The second-order valence-electron chi connectivity index (χ2n) is 6.73. The summed E-state index contributed by atoms with van der Waals surface area (Å²) in [6.07, 6.45) is 13.4. The second kappa shape index (κ2) is 7.28. The molecule has 0 heterocycles. The van der Waals surface area contributed by atoms with Gasteiger partial charge >= 0.3 is 0 Å². The molecule has 2 rings (SSSR count). The third-order valence-electron chi connectivity index (χ3n) is 5.23. The van der Waals surface area contributed by atoms with Crippen LogP contribution in [0.3, 0.4) is 0 Å². The highest BCUT2D eigenvalue weighted by Gasteiger charge is 2.32. The third kappa shape index (κ3) is 4.48. The van der Waals surface area contributed by atoms with Crippen molar-refractivity contribution in [1.29, 1.82) is 0 Å². The fraction of sp³-hybridized carbons (Fsp3) is 0.938. The number of nitrogens with two attached hydrogens (primary N) is 1. The second-order valence-corrected chi connectivity index (χ2v) is 6.73. The van der Waals surface area contributed by atoms with Crippen molar-refractivity contribution in [3.8, 4) is 0 Å². The van der Waals surface area contributed by atoms with E-state index in [2.05, 4.69) is 5.32 Å². The fourth-order valence-corrected chi connectivity index (χ4v) is 3.87. The van der Waals surface area contributed by atoms with Gasteiger partial charge in [-0.2, -0.15) is 0 Å². The van der Waals surface area contributed by atoms with Crippen molar-refractivity contribution < 1.29 is 4.79 Å². The van der Waals surface area contributed by atoms with Crippen LogP contribution in [0.1, 0.15) is 70.6 Å². The molecule has 2 aliphatic carbocycles. The van der Waals surface area contributed by atoms with E-state index in [1.54, 1.807) is 0 Å². The van der Waals surface area contributed by atoms with Gasteiger partial charge in [-0.3, -0.25) is 4.79 Å². The van der Waals surface area contributed by atoms with Crippen LogP contribution < -0.4 is 11.1 Å². The van der Waals surface area contributed by atoms with E-state index < -0.39 is 0 Å². The minimum absolute atomic E-state index is 0.107. The maximum atomic E-state index is 12.1. The van der Waals surface area contributed by atoms with Crippen LogP contribution in [-0.2, 0) is 4.79 Å².